The van der Waals surface area contributed by atoms with E-state index in [-0.39, 0.29) is 0 Å². The molecule has 0 radical (unpaired) electrons. The normalized spacial score (nSPS) is 22.2. The molecule has 0 saturated carbocycles. The molecule has 1 saturated heterocycles. The lowest BCUT2D eigenvalue weighted by molar-refractivity contribution is 0.0185. The van der Waals surface area contributed by atoms with E-state index in [0.717, 1.165) is 39.3 Å². The van der Waals surface area contributed by atoms with Gasteiger partial charge >= 0.3 is 0 Å². The van der Waals surface area contributed by atoms with Gasteiger partial charge in [-0.1, -0.05) is 6.92 Å². The van der Waals surface area contributed by atoms with Crippen LogP contribution in [-0.4, -0.2) is 59.8 Å². The molecule has 0 atom stereocenters. The molecule has 1 aliphatic rings. The standard InChI is InChI=1S/C10H22N2O/c1-4-11-5-7-12(8-6-11)9-10(2,3)13/h13H,4-9H2,1-3H3. The maximum absolute atomic E-state index is 9.64. The first-order valence-electron chi connectivity index (χ1n) is 5.18. The van der Waals surface area contributed by atoms with Gasteiger partial charge in [-0.05, 0) is 20.4 Å². The van der Waals surface area contributed by atoms with Gasteiger partial charge in [0.1, 0.15) is 0 Å². The van der Waals surface area contributed by atoms with Crippen molar-refractivity contribution in [2.24, 2.45) is 0 Å². The van der Waals surface area contributed by atoms with Crippen LogP contribution < -0.4 is 0 Å². The molecule has 3 nitrogen and oxygen atoms in total. The van der Waals surface area contributed by atoms with Crippen LogP contribution in [0.1, 0.15) is 20.8 Å². The van der Waals surface area contributed by atoms with Crippen LogP contribution in [0.4, 0.5) is 0 Å². The Morgan fingerprint density at radius 3 is 1.92 bits per heavy atom. The zero-order valence-electron chi connectivity index (χ0n) is 9.08. The van der Waals surface area contributed by atoms with E-state index < -0.39 is 5.60 Å². The van der Waals surface area contributed by atoms with E-state index >= 15 is 0 Å². The van der Waals surface area contributed by atoms with E-state index in [1.807, 2.05) is 13.8 Å². The molecule has 0 spiro atoms. The van der Waals surface area contributed by atoms with Crippen molar-refractivity contribution in [2.45, 2.75) is 26.4 Å². The Morgan fingerprint density at radius 2 is 1.54 bits per heavy atom. The van der Waals surface area contributed by atoms with Crippen LogP contribution in [0.5, 0.6) is 0 Å². The highest BCUT2D eigenvalue weighted by molar-refractivity contribution is 4.77. The summed E-state index contributed by atoms with van der Waals surface area (Å²) in [5.41, 5.74) is -0.547. The first-order chi connectivity index (χ1) is 6.01. The Labute approximate surface area is 81.3 Å². The number of aliphatic hydroxyl groups is 1. The molecule has 1 fully saturated rings. The predicted molar refractivity (Wildman–Crippen MR) is 54.9 cm³/mol. The average Bonchev–Trinajstić information content (AvgIpc) is 2.03. The largest absolute Gasteiger partial charge is 0.389 e. The Bertz CT molecular complexity index is 145. The van der Waals surface area contributed by atoms with E-state index in [4.69, 9.17) is 0 Å². The van der Waals surface area contributed by atoms with Crippen molar-refractivity contribution >= 4 is 0 Å². The summed E-state index contributed by atoms with van der Waals surface area (Å²) >= 11 is 0. The van der Waals surface area contributed by atoms with Crippen molar-refractivity contribution in [1.29, 1.82) is 0 Å². The summed E-state index contributed by atoms with van der Waals surface area (Å²) in [6.45, 7) is 12.4. The molecule has 1 heterocycles. The first kappa shape index (κ1) is 11.0. The molecule has 0 aromatic heterocycles. The topological polar surface area (TPSA) is 26.7 Å². The number of hydrogen-bond donors (Lipinski definition) is 1. The number of likely N-dealkylation sites (N-methyl/N-ethyl adjacent to an activating group) is 1. The molecule has 0 aromatic carbocycles. The highest BCUT2D eigenvalue weighted by Gasteiger charge is 2.21. The van der Waals surface area contributed by atoms with Crippen molar-refractivity contribution in [2.75, 3.05) is 39.3 Å². The lowest BCUT2D eigenvalue weighted by atomic mass is 10.1. The summed E-state index contributed by atoms with van der Waals surface area (Å²) in [6, 6.07) is 0. The van der Waals surface area contributed by atoms with Crippen molar-refractivity contribution in [3.63, 3.8) is 0 Å². The molecule has 0 unspecified atom stereocenters. The molecule has 0 bridgehead atoms. The second kappa shape index (κ2) is 4.40. The maximum Gasteiger partial charge on any atom is 0.0718 e. The molecule has 3 heteroatoms. The second-order valence-electron chi connectivity index (χ2n) is 4.52. The highest BCUT2D eigenvalue weighted by atomic mass is 16.3. The molecule has 1 N–H and O–H groups in total. The molecule has 0 aromatic rings. The van der Waals surface area contributed by atoms with Crippen molar-refractivity contribution in [3.05, 3.63) is 0 Å². The second-order valence-corrected chi connectivity index (χ2v) is 4.52. The number of nitrogens with zero attached hydrogens (tertiary/aromatic N) is 2. The minimum atomic E-state index is -0.547. The van der Waals surface area contributed by atoms with Gasteiger partial charge in [-0.15, -0.1) is 0 Å². The SMILES string of the molecule is CCN1CCN(CC(C)(C)O)CC1. The first-order valence-corrected chi connectivity index (χ1v) is 5.18. The van der Waals surface area contributed by atoms with Gasteiger partial charge in [0, 0.05) is 32.7 Å². The fourth-order valence-electron chi connectivity index (χ4n) is 1.81. The fourth-order valence-corrected chi connectivity index (χ4v) is 1.81. The van der Waals surface area contributed by atoms with Gasteiger partial charge in [0.25, 0.3) is 0 Å². The average molecular weight is 186 g/mol. The molecule has 1 aliphatic heterocycles. The fraction of sp³-hybridized carbons (Fsp3) is 1.00. The summed E-state index contributed by atoms with van der Waals surface area (Å²) in [6.07, 6.45) is 0. The zero-order valence-corrected chi connectivity index (χ0v) is 9.08. The molecular formula is C10H22N2O. The molecule has 0 aliphatic carbocycles. The van der Waals surface area contributed by atoms with Crippen molar-refractivity contribution in [3.8, 4) is 0 Å². The van der Waals surface area contributed by atoms with E-state index in [0.29, 0.717) is 0 Å². The third-order valence-corrected chi connectivity index (χ3v) is 2.52. The third-order valence-electron chi connectivity index (χ3n) is 2.52. The van der Waals surface area contributed by atoms with Gasteiger partial charge in [0.05, 0.1) is 5.60 Å². The Balaban J connectivity index is 2.25. The lowest BCUT2D eigenvalue weighted by Gasteiger charge is -2.36. The van der Waals surface area contributed by atoms with Crippen LogP contribution in [0.25, 0.3) is 0 Å². The van der Waals surface area contributed by atoms with E-state index in [1.54, 1.807) is 0 Å². The molecule has 13 heavy (non-hydrogen) atoms. The third kappa shape index (κ3) is 4.07. The smallest absolute Gasteiger partial charge is 0.0718 e. The summed E-state index contributed by atoms with van der Waals surface area (Å²) in [5.74, 6) is 0. The number of β-amino-alcohol motifs (C(OH)–C–C–N with tert-alkyl or cyclic N) is 1. The molecule has 1 rings (SSSR count). The number of piperazine rings is 1. The van der Waals surface area contributed by atoms with Crippen LogP contribution in [0.15, 0.2) is 0 Å². The van der Waals surface area contributed by atoms with Gasteiger partial charge < -0.3 is 10.0 Å². The summed E-state index contributed by atoms with van der Waals surface area (Å²) in [7, 11) is 0. The van der Waals surface area contributed by atoms with E-state index in [9.17, 15) is 5.11 Å². The number of hydrogen-bond acceptors (Lipinski definition) is 3. The Kier molecular flexibility index (Phi) is 3.71. The molecule has 0 amide bonds. The van der Waals surface area contributed by atoms with Gasteiger partial charge in [-0.2, -0.15) is 0 Å². The van der Waals surface area contributed by atoms with E-state index in [1.165, 1.54) is 0 Å². The lowest BCUT2D eigenvalue weighted by Crippen LogP contribution is -2.50. The van der Waals surface area contributed by atoms with Crippen molar-refractivity contribution in [1.82, 2.24) is 9.80 Å². The minimum absolute atomic E-state index is 0.547. The quantitative estimate of drug-likeness (QED) is 0.691. The highest BCUT2D eigenvalue weighted by Crippen LogP contribution is 2.07. The van der Waals surface area contributed by atoms with Gasteiger partial charge in [-0.25, -0.2) is 0 Å². The van der Waals surface area contributed by atoms with Crippen LogP contribution >= 0.6 is 0 Å². The van der Waals surface area contributed by atoms with Crippen LogP contribution in [0.3, 0.4) is 0 Å². The maximum atomic E-state index is 9.64. The van der Waals surface area contributed by atoms with Crippen LogP contribution in [0.2, 0.25) is 0 Å². The minimum Gasteiger partial charge on any atom is -0.389 e. The predicted octanol–water partition coefficient (Wildman–Crippen LogP) is 0.395. The summed E-state index contributed by atoms with van der Waals surface area (Å²) in [5, 5.41) is 9.64. The molecule has 78 valence electrons. The Hall–Kier alpha value is -0.120. The van der Waals surface area contributed by atoms with Crippen molar-refractivity contribution < 1.29 is 5.11 Å². The van der Waals surface area contributed by atoms with E-state index in [2.05, 4.69) is 16.7 Å². The zero-order chi connectivity index (χ0) is 9.90. The number of rotatable bonds is 3. The Morgan fingerprint density at radius 1 is 1.08 bits per heavy atom. The van der Waals surface area contributed by atoms with Gasteiger partial charge in [-0.3, -0.25) is 4.90 Å². The monoisotopic (exact) mass is 186 g/mol. The van der Waals surface area contributed by atoms with Crippen LogP contribution in [0, 0.1) is 0 Å². The van der Waals surface area contributed by atoms with Gasteiger partial charge in [0.15, 0.2) is 0 Å². The van der Waals surface area contributed by atoms with Crippen LogP contribution in [-0.2, 0) is 0 Å². The van der Waals surface area contributed by atoms with Gasteiger partial charge in [0.2, 0.25) is 0 Å². The molecular weight excluding hydrogens is 164 g/mol. The summed E-state index contributed by atoms with van der Waals surface area (Å²) < 4.78 is 0. The summed E-state index contributed by atoms with van der Waals surface area (Å²) in [4.78, 5) is 4.78.